The first-order chi connectivity index (χ1) is 20.4. The summed E-state index contributed by atoms with van der Waals surface area (Å²) < 4.78 is 25.5. The fourth-order valence-corrected chi connectivity index (χ4v) is 6.67. The van der Waals surface area contributed by atoms with Crippen LogP contribution >= 0.6 is 0 Å². The normalized spacial score (nSPS) is 24.3. The molecule has 3 N–H and O–H groups in total. The van der Waals surface area contributed by atoms with Gasteiger partial charge in [-0.05, 0) is 59.9 Å². The van der Waals surface area contributed by atoms with Crippen LogP contribution in [0.4, 0.5) is 15.9 Å². The average molecular weight is 572 g/mol. The number of piperazine rings is 1. The Kier molecular flexibility index (Phi) is 6.52. The van der Waals surface area contributed by atoms with Gasteiger partial charge in [-0.1, -0.05) is 24.3 Å². The maximum absolute atomic E-state index is 14.2. The molecular formula is C31H30FN5O5. The van der Waals surface area contributed by atoms with E-state index < -0.39 is 28.7 Å². The molecule has 42 heavy (non-hydrogen) atoms. The lowest BCUT2D eigenvalue weighted by atomic mass is 9.79. The third kappa shape index (κ3) is 4.44. The summed E-state index contributed by atoms with van der Waals surface area (Å²) in [6.45, 7) is 1.01. The van der Waals surface area contributed by atoms with E-state index in [-0.39, 0.29) is 31.6 Å². The predicted molar refractivity (Wildman–Crippen MR) is 150 cm³/mol. The zero-order chi connectivity index (χ0) is 28.9. The van der Waals surface area contributed by atoms with Crippen molar-refractivity contribution in [3.63, 3.8) is 0 Å². The van der Waals surface area contributed by atoms with Crippen LogP contribution in [0.2, 0.25) is 0 Å². The van der Waals surface area contributed by atoms with Gasteiger partial charge >= 0.3 is 0 Å². The van der Waals surface area contributed by atoms with E-state index in [1.807, 2.05) is 30.3 Å². The lowest BCUT2D eigenvalue weighted by molar-refractivity contribution is -0.151. The maximum Gasteiger partial charge on any atom is 0.248 e. The predicted octanol–water partition coefficient (Wildman–Crippen LogP) is 2.11. The summed E-state index contributed by atoms with van der Waals surface area (Å²) in [5, 5.41) is 9.12. The number of hydrogen-bond donors (Lipinski definition) is 3. The van der Waals surface area contributed by atoms with Crippen LogP contribution in [0.15, 0.2) is 60.8 Å². The highest BCUT2D eigenvalue weighted by atomic mass is 19.1. The van der Waals surface area contributed by atoms with Gasteiger partial charge in [-0.15, -0.1) is 0 Å². The molecule has 3 aromatic rings. The molecule has 11 heteroatoms. The molecule has 2 saturated heterocycles. The number of carbonyl (C=O) groups is 3. The van der Waals surface area contributed by atoms with Crippen LogP contribution in [0.3, 0.4) is 0 Å². The molecule has 3 aliphatic heterocycles. The first kappa shape index (κ1) is 26.7. The minimum absolute atomic E-state index is 0.0704. The van der Waals surface area contributed by atoms with E-state index >= 15 is 0 Å². The summed E-state index contributed by atoms with van der Waals surface area (Å²) in [6.07, 6.45) is 2.71. The summed E-state index contributed by atoms with van der Waals surface area (Å²) in [5.41, 5.74) is 2.22. The molecule has 2 aromatic carbocycles. The first-order valence-corrected chi connectivity index (χ1v) is 14.0. The molecule has 4 aliphatic rings. The van der Waals surface area contributed by atoms with Crippen LogP contribution in [-0.4, -0.2) is 72.7 Å². The summed E-state index contributed by atoms with van der Waals surface area (Å²) in [6, 6.07) is 14.9. The van der Waals surface area contributed by atoms with Crippen LogP contribution in [0.25, 0.3) is 0 Å². The van der Waals surface area contributed by atoms with Crippen molar-refractivity contribution in [3.8, 4) is 0 Å². The van der Waals surface area contributed by atoms with Gasteiger partial charge in [0, 0.05) is 24.0 Å². The number of amides is 3. The Hall–Kier alpha value is -4.19. The number of pyridine rings is 1. The first-order valence-electron chi connectivity index (χ1n) is 14.0. The van der Waals surface area contributed by atoms with Crippen molar-refractivity contribution < 1.29 is 28.2 Å². The molecule has 2 atom stereocenters. The Labute approximate surface area is 241 Å². The van der Waals surface area contributed by atoms with Crippen molar-refractivity contribution in [1.29, 1.82) is 0 Å². The van der Waals surface area contributed by atoms with Gasteiger partial charge in [-0.3, -0.25) is 19.7 Å². The lowest BCUT2D eigenvalue weighted by Gasteiger charge is -2.45. The Morgan fingerprint density at radius 2 is 1.86 bits per heavy atom. The molecule has 0 bridgehead atoms. The van der Waals surface area contributed by atoms with E-state index in [9.17, 15) is 18.8 Å². The van der Waals surface area contributed by atoms with Gasteiger partial charge in [0.15, 0.2) is 0 Å². The Bertz CT molecular complexity index is 1590. The van der Waals surface area contributed by atoms with E-state index in [0.717, 1.165) is 16.7 Å². The van der Waals surface area contributed by atoms with Crippen LogP contribution in [0, 0.1) is 5.82 Å². The van der Waals surface area contributed by atoms with Crippen LogP contribution < -0.4 is 16.0 Å². The van der Waals surface area contributed by atoms with Gasteiger partial charge in [0.25, 0.3) is 0 Å². The number of nitrogens with one attached hydrogen (secondary N) is 3. The molecule has 1 aromatic heterocycles. The zero-order valence-corrected chi connectivity index (χ0v) is 22.8. The second kappa shape index (κ2) is 10.3. The SMILES string of the molecule is O=C(CN1C(=O)C2(COCCOC2)NCC1c1cccc(F)c1)Nc1ccc2c(c1)CC1(C2)C(=O)Nc2ncccc21. The second-order valence-electron chi connectivity index (χ2n) is 11.4. The van der Waals surface area contributed by atoms with Crippen molar-refractivity contribution in [2.75, 3.05) is 50.2 Å². The van der Waals surface area contributed by atoms with Crippen molar-refractivity contribution in [3.05, 3.63) is 88.9 Å². The van der Waals surface area contributed by atoms with Gasteiger partial charge < -0.3 is 25.0 Å². The molecule has 2 unspecified atom stereocenters. The topological polar surface area (TPSA) is 122 Å². The minimum atomic E-state index is -1.13. The molecule has 216 valence electrons. The van der Waals surface area contributed by atoms with E-state index in [1.165, 1.54) is 17.0 Å². The highest BCUT2D eigenvalue weighted by molar-refractivity contribution is 6.06. The van der Waals surface area contributed by atoms with Gasteiger partial charge in [0.1, 0.15) is 23.7 Å². The van der Waals surface area contributed by atoms with E-state index in [1.54, 1.807) is 18.3 Å². The van der Waals surface area contributed by atoms with E-state index in [0.29, 0.717) is 49.7 Å². The number of benzene rings is 2. The van der Waals surface area contributed by atoms with Gasteiger partial charge in [0.05, 0.1) is 37.9 Å². The largest absolute Gasteiger partial charge is 0.376 e. The Morgan fingerprint density at radius 1 is 1.05 bits per heavy atom. The second-order valence-corrected chi connectivity index (χ2v) is 11.4. The monoisotopic (exact) mass is 571 g/mol. The van der Waals surface area contributed by atoms with Crippen LogP contribution in [-0.2, 0) is 42.1 Å². The standard InChI is InChI=1S/C31H30FN5O5/c32-22-4-1-3-19(11-22)25-15-34-31(17-41-9-10-42-18-31)29(40)37(25)16-26(38)35-23-7-6-20-13-30(14-21(20)12-23)24-5-2-8-33-27(24)36-28(30)39/h1-8,11-12,25,34H,9-10,13-18H2,(H,35,38)(H,33,36,39). The fourth-order valence-electron chi connectivity index (χ4n) is 6.67. The van der Waals surface area contributed by atoms with Crippen LogP contribution in [0.1, 0.15) is 28.3 Å². The molecule has 7 rings (SSSR count). The number of hydrogen-bond acceptors (Lipinski definition) is 7. The lowest BCUT2D eigenvalue weighted by Crippen LogP contribution is -2.69. The number of carbonyl (C=O) groups excluding carboxylic acids is 3. The van der Waals surface area contributed by atoms with Crippen molar-refractivity contribution in [2.45, 2.75) is 29.8 Å². The quantitative estimate of drug-likeness (QED) is 0.439. The van der Waals surface area contributed by atoms with Gasteiger partial charge in [0.2, 0.25) is 17.7 Å². The third-order valence-corrected chi connectivity index (χ3v) is 8.76. The smallest absolute Gasteiger partial charge is 0.248 e. The summed E-state index contributed by atoms with van der Waals surface area (Å²) in [5.74, 6) is -0.622. The minimum Gasteiger partial charge on any atom is -0.376 e. The van der Waals surface area contributed by atoms with Crippen molar-refractivity contribution >= 4 is 29.2 Å². The number of fused-ring (bicyclic) bond motifs is 3. The summed E-state index contributed by atoms with van der Waals surface area (Å²) in [4.78, 5) is 46.2. The molecule has 0 saturated carbocycles. The number of rotatable bonds is 4. The van der Waals surface area contributed by atoms with Gasteiger partial charge in [-0.25, -0.2) is 9.37 Å². The Balaban J connectivity index is 1.12. The number of nitrogens with zero attached hydrogens (tertiary/aromatic N) is 2. The number of ether oxygens (including phenoxy) is 2. The fraction of sp³-hybridized carbons (Fsp3) is 0.355. The number of halogens is 1. The third-order valence-electron chi connectivity index (χ3n) is 8.76. The molecule has 1 aliphatic carbocycles. The average Bonchev–Trinajstić information content (AvgIpc) is 3.38. The molecule has 2 fully saturated rings. The molecule has 4 heterocycles. The van der Waals surface area contributed by atoms with E-state index in [2.05, 4.69) is 20.9 Å². The summed E-state index contributed by atoms with van der Waals surface area (Å²) in [7, 11) is 0. The Morgan fingerprint density at radius 3 is 2.67 bits per heavy atom. The van der Waals surface area contributed by atoms with Crippen molar-refractivity contribution in [2.24, 2.45) is 0 Å². The maximum atomic E-state index is 14.2. The van der Waals surface area contributed by atoms with Crippen LogP contribution in [0.5, 0.6) is 0 Å². The van der Waals surface area contributed by atoms with Gasteiger partial charge in [-0.2, -0.15) is 0 Å². The molecule has 10 nitrogen and oxygen atoms in total. The summed E-state index contributed by atoms with van der Waals surface area (Å²) >= 11 is 0. The molecular weight excluding hydrogens is 541 g/mol. The number of anilines is 2. The molecule has 2 spiro atoms. The molecule has 3 amide bonds. The number of aromatic nitrogens is 1. The highest BCUT2D eigenvalue weighted by Crippen LogP contribution is 2.47. The van der Waals surface area contributed by atoms with E-state index in [4.69, 9.17) is 9.47 Å². The van der Waals surface area contributed by atoms with Crippen molar-refractivity contribution in [1.82, 2.24) is 15.2 Å². The zero-order valence-electron chi connectivity index (χ0n) is 22.8. The highest BCUT2D eigenvalue weighted by Gasteiger charge is 2.51. The molecule has 0 radical (unpaired) electrons.